The van der Waals surface area contributed by atoms with Gasteiger partial charge in [0.05, 0.1) is 19.8 Å². The summed E-state index contributed by atoms with van der Waals surface area (Å²) in [4.78, 5) is 24.6. The Morgan fingerprint density at radius 3 is 1.95 bits per heavy atom. The first kappa shape index (κ1) is 17.0. The fourth-order valence-electron chi connectivity index (χ4n) is 2.03. The summed E-state index contributed by atoms with van der Waals surface area (Å²) in [6, 6.07) is 0. The van der Waals surface area contributed by atoms with E-state index in [-0.39, 0.29) is 25.7 Å². The highest BCUT2D eigenvalue weighted by Gasteiger charge is 2.52. The summed E-state index contributed by atoms with van der Waals surface area (Å²) in [6.07, 6.45) is 2.32. The SMILES string of the molecule is CCOC(=O)C(COCC1CC1)(C(=O)OCC)C(C)C. The van der Waals surface area contributed by atoms with E-state index in [4.69, 9.17) is 14.2 Å². The van der Waals surface area contributed by atoms with Crippen molar-refractivity contribution in [2.45, 2.75) is 40.5 Å². The normalized spacial score (nSPS) is 15.2. The highest BCUT2D eigenvalue weighted by atomic mass is 16.6. The van der Waals surface area contributed by atoms with Crippen LogP contribution in [0.1, 0.15) is 40.5 Å². The Labute approximate surface area is 121 Å². The average molecular weight is 286 g/mol. The van der Waals surface area contributed by atoms with Crippen LogP contribution in [0.25, 0.3) is 0 Å². The summed E-state index contributed by atoms with van der Waals surface area (Å²) in [5.41, 5.74) is -1.36. The maximum absolute atomic E-state index is 12.3. The first-order valence-electron chi connectivity index (χ1n) is 7.41. The van der Waals surface area contributed by atoms with Crippen LogP contribution in [0.5, 0.6) is 0 Å². The number of ether oxygens (including phenoxy) is 3. The van der Waals surface area contributed by atoms with E-state index in [0.29, 0.717) is 12.5 Å². The Bertz CT molecular complexity index is 315. The van der Waals surface area contributed by atoms with Crippen molar-refractivity contribution >= 4 is 11.9 Å². The lowest BCUT2D eigenvalue weighted by Gasteiger charge is -2.32. The second-order valence-corrected chi connectivity index (χ2v) is 5.53. The number of hydrogen-bond donors (Lipinski definition) is 0. The molecule has 1 saturated carbocycles. The molecule has 0 aromatic carbocycles. The molecule has 0 aromatic heterocycles. The zero-order valence-corrected chi connectivity index (χ0v) is 12.9. The van der Waals surface area contributed by atoms with Crippen molar-refractivity contribution in [2.75, 3.05) is 26.4 Å². The molecule has 0 N–H and O–H groups in total. The standard InChI is InChI=1S/C15H26O5/c1-5-19-13(16)15(11(3)4,14(17)20-6-2)10-18-9-12-7-8-12/h11-12H,5-10H2,1-4H3. The molecule has 0 aliphatic heterocycles. The van der Waals surface area contributed by atoms with Gasteiger partial charge in [-0.1, -0.05) is 13.8 Å². The highest BCUT2D eigenvalue weighted by molar-refractivity contribution is 6.00. The molecule has 0 spiro atoms. The van der Waals surface area contributed by atoms with Gasteiger partial charge in [-0.2, -0.15) is 0 Å². The van der Waals surface area contributed by atoms with Gasteiger partial charge in [-0.25, -0.2) is 0 Å². The van der Waals surface area contributed by atoms with Crippen molar-refractivity contribution in [3.8, 4) is 0 Å². The zero-order chi connectivity index (χ0) is 15.2. The molecule has 0 amide bonds. The number of esters is 2. The average Bonchev–Trinajstić information content (AvgIpc) is 3.18. The summed E-state index contributed by atoms with van der Waals surface area (Å²) >= 11 is 0. The lowest BCUT2D eigenvalue weighted by Crippen LogP contribution is -2.49. The van der Waals surface area contributed by atoms with Crippen LogP contribution < -0.4 is 0 Å². The minimum absolute atomic E-state index is 0.0266. The third-order valence-corrected chi connectivity index (χ3v) is 3.65. The van der Waals surface area contributed by atoms with Gasteiger partial charge in [-0.05, 0) is 38.5 Å². The quantitative estimate of drug-likeness (QED) is 0.480. The Morgan fingerprint density at radius 2 is 1.60 bits per heavy atom. The fraction of sp³-hybridized carbons (Fsp3) is 0.867. The largest absolute Gasteiger partial charge is 0.465 e. The Balaban J connectivity index is 2.84. The Kier molecular flexibility index (Phi) is 6.46. The first-order valence-corrected chi connectivity index (χ1v) is 7.41. The van der Waals surface area contributed by atoms with Gasteiger partial charge in [-0.3, -0.25) is 9.59 Å². The van der Waals surface area contributed by atoms with Crippen LogP contribution in [-0.2, 0) is 23.8 Å². The predicted molar refractivity (Wildman–Crippen MR) is 74.1 cm³/mol. The number of rotatable bonds is 9. The molecule has 0 bridgehead atoms. The maximum atomic E-state index is 12.3. The second kappa shape index (κ2) is 7.62. The van der Waals surface area contributed by atoms with E-state index in [2.05, 4.69) is 0 Å². The third kappa shape index (κ3) is 3.95. The van der Waals surface area contributed by atoms with E-state index >= 15 is 0 Å². The number of carbonyl (C=O) groups excluding carboxylic acids is 2. The summed E-state index contributed by atoms with van der Waals surface area (Å²) in [5.74, 6) is -0.780. The van der Waals surface area contributed by atoms with Crippen LogP contribution in [-0.4, -0.2) is 38.4 Å². The molecule has 1 aliphatic rings. The molecule has 116 valence electrons. The van der Waals surface area contributed by atoms with E-state index in [1.54, 1.807) is 13.8 Å². The lowest BCUT2D eigenvalue weighted by atomic mass is 9.77. The predicted octanol–water partition coefficient (Wildman–Crippen LogP) is 2.18. The molecule has 1 rings (SSSR count). The van der Waals surface area contributed by atoms with Crippen LogP contribution in [0.4, 0.5) is 0 Å². The molecular weight excluding hydrogens is 260 g/mol. The van der Waals surface area contributed by atoms with Crippen molar-refractivity contribution in [3.63, 3.8) is 0 Å². The van der Waals surface area contributed by atoms with Gasteiger partial charge < -0.3 is 14.2 Å². The Hall–Kier alpha value is -1.10. The molecule has 0 aromatic rings. The highest BCUT2D eigenvalue weighted by Crippen LogP contribution is 2.34. The zero-order valence-electron chi connectivity index (χ0n) is 12.9. The smallest absolute Gasteiger partial charge is 0.326 e. The Morgan fingerprint density at radius 1 is 1.10 bits per heavy atom. The number of carbonyl (C=O) groups is 2. The van der Waals surface area contributed by atoms with Crippen LogP contribution in [0.2, 0.25) is 0 Å². The van der Waals surface area contributed by atoms with Crippen molar-refractivity contribution in [1.29, 1.82) is 0 Å². The van der Waals surface area contributed by atoms with E-state index in [0.717, 1.165) is 12.8 Å². The topological polar surface area (TPSA) is 61.8 Å². The molecule has 5 nitrogen and oxygen atoms in total. The van der Waals surface area contributed by atoms with Crippen molar-refractivity contribution in [3.05, 3.63) is 0 Å². The minimum atomic E-state index is -1.36. The molecule has 0 atom stereocenters. The van der Waals surface area contributed by atoms with Gasteiger partial charge in [0.1, 0.15) is 0 Å². The molecule has 20 heavy (non-hydrogen) atoms. The van der Waals surface area contributed by atoms with Crippen molar-refractivity contribution in [1.82, 2.24) is 0 Å². The maximum Gasteiger partial charge on any atom is 0.326 e. The summed E-state index contributed by atoms with van der Waals surface area (Å²) < 4.78 is 15.8. The molecular formula is C15H26O5. The van der Waals surface area contributed by atoms with Crippen LogP contribution >= 0.6 is 0 Å². The van der Waals surface area contributed by atoms with Crippen molar-refractivity contribution in [2.24, 2.45) is 17.3 Å². The second-order valence-electron chi connectivity index (χ2n) is 5.53. The summed E-state index contributed by atoms with van der Waals surface area (Å²) in [5, 5.41) is 0. The van der Waals surface area contributed by atoms with Gasteiger partial charge in [0.25, 0.3) is 0 Å². The molecule has 5 heteroatoms. The summed E-state index contributed by atoms with van der Waals surface area (Å²) in [6.45, 7) is 8.15. The van der Waals surface area contributed by atoms with Gasteiger partial charge >= 0.3 is 11.9 Å². The first-order chi connectivity index (χ1) is 9.48. The molecule has 0 radical (unpaired) electrons. The monoisotopic (exact) mass is 286 g/mol. The van der Waals surface area contributed by atoms with Gasteiger partial charge in [0, 0.05) is 6.61 Å². The van der Waals surface area contributed by atoms with Crippen LogP contribution in [0.3, 0.4) is 0 Å². The van der Waals surface area contributed by atoms with Crippen LogP contribution in [0, 0.1) is 17.3 Å². The van der Waals surface area contributed by atoms with Gasteiger partial charge in [-0.15, -0.1) is 0 Å². The van der Waals surface area contributed by atoms with Gasteiger partial charge in [0.15, 0.2) is 5.41 Å². The molecule has 0 heterocycles. The molecule has 0 unspecified atom stereocenters. The third-order valence-electron chi connectivity index (χ3n) is 3.65. The van der Waals surface area contributed by atoms with E-state index in [9.17, 15) is 9.59 Å². The van der Waals surface area contributed by atoms with E-state index in [1.807, 2.05) is 13.8 Å². The molecule has 1 aliphatic carbocycles. The number of hydrogen-bond acceptors (Lipinski definition) is 5. The minimum Gasteiger partial charge on any atom is -0.465 e. The molecule has 0 saturated heterocycles. The molecule has 1 fully saturated rings. The van der Waals surface area contributed by atoms with E-state index in [1.165, 1.54) is 0 Å². The van der Waals surface area contributed by atoms with Crippen molar-refractivity contribution < 1.29 is 23.8 Å². The van der Waals surface area contributed by atoms with Gasteiger partial charge in [0.2, 0.25) is 0 Å². The van der Waals surface area contributed by atoms with Crippen LogP contribution in [0.15, 0.2) is 0 Å². The fourth-order valence-corrected chi connectivity index (χ4v) is 2.03. The van der Waals surface area contributed by atoms with E-state index < -0.39 is 17.4 Å². The lowest BCUT2D eigenvalue weighted by molar-refractivity contribution is -0.181. The summed E-state index contributed by atoms with van der Waals surface area (Å²) in [7, 11) is 0.